The summed E-state index contributed by atoms with van der Waals surface area (Å²) in [5.74, 6) is 0.443. The second-order valence-electron chi connectivity index (χ2n) is 2.42. The molecule has 0 saturated carbocycles. The van der Waals surface area contributed by atoms with Crippen molar-refractivity contribution >= 4 is 28.6 Å². The Labute approximate surface area is 80.2 Å². The number of hydrogen-bond donors (Lipinski definition) is 1. The van der Waals surface area contributed by atoms with Gasteiger partial charge in [0.15, 0.2) is 5.65 Å². The molecule has 12 heavy (non-hydrogen) atoms. The molecule has 0 atom stereocenters. The molecule has 0 spiro atoms. The summed E-state index contributed by atoms with van der Waals surface area (Å²) >= 11 is 0. The Morgan fingerprint density at radius 3 is 2.75 bits per heavy atom. The van der Waals surface area contributed by atoms with E-state index in [-0.39, 0.29) is 17.0 Å². The normalized spacial score (nSPS) is 9.75. The summed E-state index contributed by atoms with van der Waals surface area (Å²) in [7, 11) is 0. The monoisotopic (exact) mass is 228 g/mol. The van der Waals surface area contributed by atoms with Gasteiger partial charge in [-0.05, 0) is 19.1 Å². The zero-order chi connectivity index (χ0) is 7.84. The molecule has 0 bridgehead atoms. The maximum atomic E-state index is 5.57. The maximum absolute atomic E-state index is 5.57. The third-order valence-electron chi connectivity index (χ3n) is 1.65. The number of aromatic nitrogens is 3. The van der Waals surface area contributed by atoms with E-state index in [0.717, 1.165) is 11.3 Å². The number of pyridine rings is 1. The van der Waals surface area contributed by atoms with Crippen LogP contribution < -0.4 is 5.73 Å². The Balaban J connectivity index is 0.000000720. The van der Waals surface area contributed by atoms with Gasteiger partial charge in [-0.15, -0.1) is 27.2 Å². The maximum Gasteiger partial charge on any atom is 0.226 e. The SMILES string of the molecule is Br.Cc1cccc2nnc(N)n12. The number of anilines is 1. The van der Waals surface area contributed by atoms with E-state index in [1.54, 1.807) is 4.40 Å². The topological polar surface area (TPSA) is 56.2 Å². The molecule has 2 aromatic rings. The van der Waals surface area contributed by atoms with Gasteiger partial charge in [0.1, 0.15) is 0 Å². The van der Waals surface area contributed by atoms with E-state index in [1.807, 2.05) is 25.1 Å². The van der Waals surface area contributed by atoms with Gasteiger partial charge in [-0.3, -0.25) is 4.40 Å². The first-order valence-corrected chi connectivity index (χ1v) is 3.35. The minimum atomic E-state index is 0. The van der Waals surface area contributed by atoms with Crippen molar-refractivity contribution in [1.29, 1.82) is 0 Å². The summed E-state index contributed by atoms with van der Waals surface area (Å²) in [4.78, 5) is 0. The number of hydrogen-bond acceptors (Lipinski definition) is 3. The van der Waals surface area contributed by atoms with Crippen LogP contribution in [0.15, 0.2) is 18.2 Å². The zero-order valence-corrected chi connectivity index (χ0v) is 8.27. The molecule has 0 amide bonds. The minimum Gasteiger partial charge on any atom is -0.368 e. The van der Waals surface area contributed by atoms with E-state index in [1.165, 1.54) is 0 Å². The van der Waals surface area contributed by atoms with Crippen molar-refractivity contribution in [3.05, 3.63) is 23.9 Å². The number of nitrogens with two attached hydrogens (primary N) is 1. The number of fused-ring (bicyclic) bond motifs is 1. The summed E-state index contributed by atoms with van der Waals surface area (Å²) in [5.41, 5.74) is 7.41. The van der Waals surface area contributed by atoms with Gasteiger partial charge in [-0.25, -0.2) is 0 Å². The van der Waals surface area contributed by atoms with Crippen LogP contribution in [0.3, 0.4) is 0 Å². The number of nitrogen functional groups attached to an aromatic ring is 1. The second kappa shape index (κ2) is 3.10. The van der Waals surface area contributed by atoms with Gasteiger partial charge in [0.2, 0.25) is 5.95 Å². The molecule has 0 aromatic carbocycles. The molecule has 0 aliphatic heterocycles. The minimum absolute atomic E-state index is 0. The lowest BCUT2D eigenvalue weighted by atomic mass is 10.4. The fourth-order valence-corrected chi connectivity index (χ4v) is 1.13. The van der Waals surface area contributed by atoms with Gasteiger partial charge in [0.05, 0.1) is 0 Å². The predicted octanol–water partition coefficient (Wildman–Crippen LogP) is 1.20. The lowest BCUT2D eigenvalue weighted by Crippen LogP contribution is -1.96. The molecule has 2 heterocycles. The number of halogens is 1. The van der Waals surface area contributed by atoms with Crippen LogP contribution in [0.5, 0.6) is 0 Å². The molecule has 0 fully saturated rings. The van der Waals surface area contributed by atoms with Crippen LogP contribution in [0.4, 0.5) is 5.95 Å². The highest BCUT2D eigenvalue weighted by Gasteiger charge is 2.00. The lowest BCUT2D eigenvalue weighted by Gasteiger charge is -1.97. The highest BCUT2D eigenvalue weighted by Crippen LogP contribution is 2.07. The Hall–Kier alpha value is -1.10. The lowest BCUT2D eigenvalue weighted by molar-refractivity contribution is 1.09. The molecule has 2 rings (SSSR count). The molecule has 2 aromatic heterocycles. The fourth-order valence-electron chi connectivity index (χ4n) is 1.13. The summed E-state index contributed by atoms with van der Waals surface area (Å²) in [6.07, 6.45) is 0. The van der Waals surface area contributed by atoms with Crippen molar-refractivity contribution in [3.8, 4) is 0 Å². The van der Waals surface area contributed by atoms with E-state index >= 15 is 0 Å². The predicted molar refractivity (Wildman–Crippen MR) is 52.5 cm³/mol. The van der Waals surface area contributed by atoms with Gasteiger partial charge < -0.3 is 5.73 Å². The van der Waals surface area contributed by atoms with Gasteiger partial charge in [-0.2, -0.15) is 0 Å². The van der Waals surface area contributed by atoms with Crippen LogP contribution in [0, 0.1) is 6.92 Å². The average Bonchev–Trinajstić information content (AvgIpc) is 2.34. The highest BCUT2D eigenvalue weighted by molar-refractivity contribution is 8.93. The molecule has 0 saturated heterocycles. The molecule has 0 radical (unpaired) electrons. The van der Waals surface area contributed by atoms with Crippen molar-refractivity contribution in [1.82, 2.24) is 14.6 Å². The van der Waals surface area contributed by atoms with E-state index in [9.17, 15) is 0 Å². The zero-order valence-electron chi connectivity index (χ0n) is 6.56. The Kier molecular flexibility index (Phi) is 2.32. The summed E-state index contributed by atoms with van der Waals surface area (Å²) in [5, 5.41) is 7.61. The molecule has 64 valence electrons. The van der Waals surface area contributed by atoms with Crippen LogP contribution in [0.25, 0.3) is 5.65 Å². The van der Waals surface area contributed by atoms with Crippen LogP contribution in [0.2, 0.25) is 0 Å². The highest BCUT2D eigenvalue weighted by atomic mass is 79.9. The molecular weight excluding hydrogens is 220 g/mol. The van der Waals surface area contributed by atoms with Crippen molar-refractivity contribution in [3.63, 3.8) is 0 Å². The first-order valence-electron chi connectivity index (χ1n) is 3.35. The van der Waals surface area contributed by atoms with E-state index < -0.39 is 0 Å². The quantitative estimate of drug-likeness (QED) is 0.738. The average molecular weight is 229 g/mol. The van der Waals surface area contributed by atoms with Crippen LogP contribution in [0.1, 0.15) is 5.69 Å². The summed E-state index contributed by atoms with van der Waals surface area (Å²) in [6, 6.07) is 5.77. The molecule has 4 nitrogen and oxygen atoms in total. The number of nitrogens with zero attached hydrogens (tertiary/aromatic N) is 3. The first-order chi connectivity index (χ1) is 5.29. The fraction of sp³-hybridized carbons (Fsp3) is 0.143. The molecule has 2 N–H and O–H groups in total. The Bertz CT molecular complexity index is 395. The molecule has 0 aliphatic carbocycles. The van der Waals surface area contributed by atoms with Gasteiger partial charge in [-0.1, -0.05) is 6.07 Å². The number of aryl methyl sites for hydroxylation is 1. The van der Waals surface area contributed by atoms with Gasteiger partial charge in [0.25, 0.3) is 0 Å². The van der Waals surface area contributed by atoms with Crippen LogP contribution in [-0.4, -0.2) is 14.6 Å². The molecule has 0 unspecified atom stereocenters. The standard InChI is InChI=1S/C7H8N4.BrH/c1-5-3-2-4-6-9-10-7(8)11(5)6;/h2-4H,1H3,(H2,8,10);1H. The summed E-state index contributed by atoms with van der Waals surface area (Å²) in [6.45, 7) is 1.96. The van der Waals surface area contributed by atoms with Crippen molar-refractivity contribution in [2.24, 2.45) is 0 Å². The van der Waals surface area contributed by atoms with E-state index in [0.29, 0.717) is 5.95 Å². The molecular formula is C7H9BrN4. The Morgan fingerprint density at radius 1 is 1.33 bits per heavy atom. The molecule has 0 aliphatic rings. The third-order valence-corrected chi connectivity index (χ3v) is 1.65. The largest absolute Gasteiger partial charge is 0.368 e. The first kappa shape index (κ1) is 8.99. The van der Waals surface area contributed by atoms with Gasteiger partial charge in [0, 0.05) is 5.69 Å². The van der Waals surface area contributed by atoms with Crippen LogP contribution in [-0.2, 0) is 0 Å². The van der Waals surface area contributed by atoms with E-state index in [4.69, 9.17) is 5.73 Å². The van der Waals surface area contributed by atoms with Crippen molar-refractivity contribution in [2.75, 3.05) is 5.73 Å². The van der Waals surface area contributed by atoms with Crippen molar-refractivity contribution < 1.29 is 0 Å². The summed E-state index contributed by atoms with van der Waals surface area (Å²) < 4.78 is 1.81. The number of rotatable bonds is 0. The van der Waals surface area contributed by atoms with Crippen LogP contribution >= 0.6 is 17.0 Å². The van der Waals surface area contributed by atoms with E-state index in [2.05, 4.69) is 10.2 Å². The third kappa shape index (κ3) is 1.16. The van der Waals surface area contributed by atoms with Gasteiger partial charge >= 0.3 is 0 Å². The second-order valence-corrected chi connectivity index (χ2v) is 2.42. The smallest absolute Gasteiger partial charge is 0.226 e. The van der Waals surface area contributed by atoms with Crippen molar-refractivity contribution in [2.45, 2.75) is 6.92 Å². The molecule has 5 heteroatoms. The Morgan fingerprint density at radius 2 is 2.08 bits per heavy atom.